The molecule has 0 bridgehead atoms. The van der Waals surface area contributed by atoms with Gasteiger partial charge in [0.1, 0.15) is 22.3 Å². The lowest BCUT2D eigenvalue weighted by Gasteiger charge is -2.26. The van der Waals surface area contributed by atoms with E-state index in [1.807, 2.05) is 23.5 Å². The molecule has 0 N–H and O–H groups in total. The molecule has 0 aliphatic heterocycles. The summed E-state index contributed by atoms with van der Waals surface area (Å²) in [6, 6.07) is 71.3. The summed E-state index contributed by atoms with van der Waals surface area (Å²) >= 11 is 1.85. The van der Waals surface area contributed by atoms with E-state index < -0.39 is 0 Å². The molecule has 9 aromatic carbocycles. The Balaban J connectivity index is 0.992. The van der Waals surface area contributed by atoms with Crippen molar-refractivity contribution in [1.82, 2.24) is 0 Å². The van der Waals surface area contributed by atoms with Crippen molar-refractivity contribution in [3.8, 4) is 33.4 Å². The Morgan fingerprint density at radius 3 is 1.71 bits per heavy atom. The smallest absolute Gasteiger partial charge is 0.144 e. The highest BCUT2D eigenvalue weighted by Crippen LogP contribution is 2.47. The van der Waals surface area contributed by atoms with Crippen LogP contribution in [0.15, 0.2) is 209 Å². The summed E-state index contributed by atoms with van der Waals surface area (Å²) in [5, 5.41) is 6.84. The standard InChI is InChI=1S/C54H33NO2S/c1-3-12-34(13-4-1)35-22-27-39(28-23-35)55(46-19-11-18-42-41-16-8-10-21-50(41)58-54(42)46)40-29-24-36(25-30-40)38-26-31-48-44(32-38)45-33-49-52(43-17-7-9-20-47(43)56-49)51(53(45)57-48)37-14-5-2-6-15-37/h1-33H. The van der Waals surface area contributed by atoms with E-state index in [-0.39, 0.29) is 0 Å². The van der Waals surface area contributed by atoms with E-state index in [2.05, 4.69) is 193 Å². The molecule has 0 saturated carbocycles. The van der Waals surface area contributed by atoms with Crippen LogP contribution in [0.5, 0.6) is 0 Å². The maximum Gasteiger partial charge on any atom is 0.144 e. The molecule has 58 heavy (non-hydrogen) atoms. The Kier molecular flexibility index (Phi) is 7.40. The maximum atomic E-state index is 6.75. The highest BCUT2D eigenvalue weighted by molar-refractivity contribution is 7.26. The minimum absolute atomic E-state index is 0.853. The summed E-state index contributed by atoms with van der Waals surface area (Å²) in [7, 11) is 0. The molecule has 3 nitrogen and oxygen atoms in total. The zero-order chi connectivity index (χ0) is 38.2. The second-order valence-electron chi connectivity index (χ2n) is 14.8. The van der Waals surface area contributed by atoms with Crippen LogP contribution in [0.1, 0.15) is 0 Å². The number of nitrogens with zero attached hydrogens (tertiary/aromatic N) is 1. The number of benzene rings is 9. The maximum absolute atomic E-state index is 6.75. The highest BCUT2D eigenvalue weighted by atomic mass is 32.1. The van der Waals surface area contributed by atoms with E-state index in [1.165, 1.54) is 31.3 Å². The molecule has 0 saturated heterocycles. The fourth-order valence-electron chi connectivity index (χ4n) is 8.75. The molecule has 0 spiro atoms. The summed E-state index contributed by atoms with van der Waals surface area (Å²) < 4.78 is 15.8. The first kappa shape index (κ1) is 32.8. The van der Waals surface area contributed by atoms with E-state index >= 15 is 0 Å². The molecule has 3 aromatic heterocycles. The zero-order valence-electron chi connectivity index (χ0n) is 31.2. The van der Waals surface area contributed by atoms with Gasteiger partial charge in [0.2, 0.25) is 0 Å². The predicted molar refractivity (Wildman–Crippen MR) is 245 cm³/mol. The largest absolute Gasteiger partial charge is 0.456 e. The van der Waals surface area contributed by atoms with Crippen molar-refractivity contribution < 1.29 is 8.83 Å². The zero-order valence-corrected chi connectivity index (χ0v) is 32.0. The number of anilines is 3. The van der Waals surface area contributed by atoms with E-state index in [1.54, 1.807) is 0 Å². The van der Waals surface area contributed by atoms with Crippen LogP contribution in [-0.2, 0) is 0 Å². The minimum Gasteiger partial charge on any atom is -0.456 e. The van der Waals surface area contributed by atoms with Crippen LogP contribution in [0.25, 0.3) is 97.4 Å². The number of rotatable bonds is 6. The Hall–Kier alpha value is -7.40. The monoisotopic (exact) mass is 759 g/mol. The Morgan fingerprint density at radius 2 is 0.948 bits per heavy atom. The lowest BCUT2D eigenvalue weighted by molar-refractivity contribution is 0.664. The molecule has 3 heterocycles. The van der Waals surface area contributed by atoms with E-state index in [9.17, 15) is 0 Å². The van der Waals surface area contributed by atoms with Crippen molar-refractivity contribution in [1.29, 1.82) is 0 Å². The van der Waals surface area contributed by atoms with Crippen molar-refractivity contribution in [2.75, 3.05) is 4.90 Å². The van der Waals surface area contributed by atoms with Crippen molar-refractivity contribution in [2.24, 2.45) is 0 Å². The normalized spacial score (nSPS) is 11.8. The molecule has 0 aliphatic carbocycles. The van der Waals surface area contributed by atoms with Gasteiger partial charge < -0.3 is 13.7 Å². The number of hydrogen-bond acceptors (Lipinski definition) is 4. The molecular weight excluding hydrogens is 727 g/mol. The Morgan fingerprint density at radius 1 is 0.362 bits per heavy atom. The van der Waals surface area contributed by atoms with Gasteiger partial charge in [0.05, 0.1) is 10.4 Å². The molecule has 0 fully saturated rings. The molecule has 0 unspecified atom stereocenters. The molecule has 0 atom stereocenters. The summed E-state index contributed by atoms with van der Waals surface area (Å²) in [4.78, 5) is 2.40. The SMILES string of the molecule is c1ccc(-c2ccc(N(c3ccc(-c4ccc5oc6c(-c7ccccc7)c7c(cc6c5c4)oc4ccccc47)cc3)c3cccc4c3sc3ccccc34)cc2)cc1. The third-order valence-electron chi connectivity index (χ3n) is 11.5. The van der Waals surface area contributed by atoms with Crippen LogP contribution in [0.3, 0.4) is 0 Å². The fraction of sp³-hybridized carbons (Fsp3) is 0. The first-order chi connectivity index (χ1) is 28.7. The molecule has 0 amide bonds. The van der Waals surface area contributed by atoms with Crippen LogP contribution >= 0.6 is 11.3 Å². The molecule has 0 aliphatic rings. The molecule has 0 radical (unpaired) electrons. The van der Waals surface area contributed by atoms with Crippen molar-refractivity contribution in [3.05, 3.63) is 200 Å². The fourth-order valence-corrected chi connectivity index (χ4v) is 9.95. The van der Waals surface area contributed by atoms with Gasteiger partial charge in [-0.2, -0.15) is 0 Å². The van der Waals surface area contributed by atoms with Gasteiger partial charge in [-0.15, -0.1) is 11.3 Å². The number of fused-ring (bicyclic) bond motifs is 9. The topological polar surface area (TPSA) is 29.5 Å². The average molecular weight is 760 g/mol. The third-order valence-corrected chi connectivity index (χ3v) is 12.7. The van der Waals surface area contributed by atoms with Crippen LogP contribution < -0.4 is 4.90 Å². The van der Waals surface area contributed by atoms with Crippen LogP contribution in [-0.4, -0.2) is 0 Å². The number of thiophene rings is 1. The summed E-state index contributed by atoms with van der Waals surface area (Å²) in [6.07, 6.45) is 0. The molecular formula is C54H33NO2S. The van der Waals surface area contributed by atoms with E-state index in [4.69, 9.17) is 8.83 Å². The lowest BCUT2D eigenvalue weighted by Crippen LogP contribution is -2.10. The van der Waals surface area contributed by atoms with E-state index in [0.29, 0.717) is 0 Å². The minimum atomic E-state index is 0.853. The van der Waals surface area contributed by atoms with Gasteiger partial charge in [-0.05, 0) is 88.5 Å². The Labute approximate surface area is 338 Å². The molecule has 4 heteroatoms. The number of hydrogen-bond donors (Lipinski definition) is 0. The van der Waals surface area contributed by atoms with Crippen LogP contribution in [0.2, 0.25) is 0 Å². The van der Waals surface area contributed by atoms with Crippen molar-refractivity contribution in [2.45, 2.75) is 0 Å². The van der Waals surface area contributed by atoms with Gasteiger partial charge in [-0.1, -0.05) is 140 Å². The molecule has 12 rings (SSSR count). The Bertz CT molecular complexity index is 3490. The quantitative estimate of drug-likeness (QED) is 0.169. The van der Waals surface area contributed by atoms with Crippen LogP contribution in [0, 0.1) is 0 Å². The summed E-state index contributed by atoms with van der Waals surface area (Å²) in [6.45, 7) is 0. The van der Waals surface area contributed by atoms with Gasteiger partial charge in [-0.25, -0.2) is 0 Å². The molecule has 272 valence electrons. The van der Waals surface area contributed by atoms with Gasteiger partial charge >= 0.3 is 0 Å². The second-order valence-corrected chi connectivity index (χ2v) is 15.9. The number of para-hydroxylation sites is 1. The summed E-state index contributed by atoms with van der Waals surface area (Å²) in [5.41, 5.74) is 13.6. The van der Waals surface area contributed by atoms with Crippen LogP contribution in [0.4, 0.5) is 17.1 Å². The predicted octanol–water partition coefficient (Wildman–Crippen LogP) is 16.3. The summed E-state index contributed by atoms with van der Waals surface area (Å²) in [5.74, 6) is 0. The van der Waals surface area contributed by atoms with E-state index in [0.717, 1.165) is 83.2 Å². The van der Waals surface area contributed by atoms with Gasteiger partial charge in [-0.3, -0.25) is 0 Å². The van der Waals surface area contributed by atoms with Crippen molar-refractivity contribution in [3.63, 3.8) is 0 Å². The number of furan rings is 2. The molecule has 12 aromatic rings. The third kappa shape index (κ3) is 5.19. The first-order valence-electron chi connectivity index (χ1n) is 19.6. The lowest BCUT2D eigenvalue weighted by atomic mass is 9.96. The van der Waals surface area contributed by atoms with Crippen molar-refractivity contribution >= 4 is 92.4 Å². The van der Waals surface area contributed by atoms with Gasteiger partial charge in [0.15, 0.2) is 0 Å². The van der Waals surface area contributed by atoms with Gasteiger partial charge in [0, 0.05) is 54.0 Å². The highest BCUT2D eigenvalue weighted by Gasteiger charge is 2.22. The second kappa shape index (κ2) is 13.1. The van der Waals surface area contributed by atoms with Gasteiger partial charge in [0.25, 0.3) is 0 Å². The average Bonchev–Trinajstić information content (AvgIpc) is 3.98. The first-order valence-corrected chi connectivity index (χ1v) is 20.4.